The molecular weight excluding hydrogens is 260 g/mol. The molecule has 0 saturated carbocycles. The van der Waals surface area contributed by atoms with Gasteiger partial charge in [-0.1, -0.05) is 32.0 Å². The third kappa shape index (κ3) is 3.58. The SMILES string of the molecule is CC(C)CNCC1CCN(C2CCOc3ccccc32)C1. The number of likely N-dealkylation sites (tertiary alicyclic amines) is 1. The van der Waals surface area contributed by atoms with Crippen molar-refractivity contribution in [3.05, 3.63) is 29.8 Å². The van der Waals surface area contributed by atoms with E-state index in [2.05, 4.69) is 48.3 Å². The highest BCUT2D eigenvalue weighted by atomic mass is 16.5. The molecule has 3 heteroatoms. The first kappa shape index (κ1) is 14.9. The van der Waals surface area contributed by atoms with Crippen LogP contribution in [0.25, 0.3) is 0 Å². The third-order valence-electron chi connectivity index (χ3n) is 4.67. The fraction of sp³-hybridized carbons (Fsp3) is 0.667. The Morgan fingerprint density at radius 1 is 1.29 bits per heavy atom. The monoisotopic (exact) mass is 288 g/mol. The summed E-state index contributed by atoms with van der Waals surface area (Å²) in [5.41, 5.74) is 1.39. The van der Waals surface area contributed by atoms with Gasteiger partial charge in [0.05, 0.1) is 6.61 Å². The lowest BCUT2D eigenvalue weighted by Gasteiger charge is -2.33. The average molecular weight is 288 g/mol. The molecule has 1 N–H and O–H groups in total. The second-order valence-electron chi connectivity index (χ2n) is 6.89. The summed E-state index contributed by atoms with van der Waals surface area (Å²) in [7, 11) is 0. The van der Waals surface area contributed by atoms with E-state index in [1.54, 1.807) is 0 Å². The Hall–Kier alpha value is -1.06. The van der Waals surface area contributed by atoms with Crippen LogP contribution in [-0.4, -0.2) is 37.7 Å². The molecule has 1 fully saturated rings. The first-order valence-corrected chi connectivity index (χ1v) is 8.40. The highest BCUT2D eigenvalue weighted by Crippen LogP contribution is 2.38. The zero-order chi connectivity index (χ0) is 14.7. The van der Waals surface area contributed by atoms with Gasteiger partial charge in [0.15, 0.2) is 0 Å². The summed E-state index contributed by atoms with van der Waals surface area (Å²) in [6, 6.07) is 9.12. The van der Waals surface area contributed by atoms with Gasteiger partial charge in [-0.2, -0.15) is 0 Å². The van der Waals surface area contributed by atoms with Crippen molar-refractivity contribution in [2.75, 3.05) is 32.8 Å². The molecular formula is C18H28N2O. The van der Waals surface area contributed by atoms with Crippen LogP contribution in [0.5, 0.6) is 5.75 Å². The molecule has 21 heavy (non-hydrogen) atoms. The van der Waals surface area contributed by atoms with E-state index in [0.717, 1.165) is 37.2 Å². The minimum absolute atomic E-state index is 0.560. The van der Waals surface area contributed by atoms with Gasteiger partial charge in [0.2, 0.25) is 0 Å². The molecule has 1 aromatic carbocycles. The van der Waals surface area contributed by atoms with Gasteiger partial charge < -0.3 is 10.1 Å². The van der Waals surface area contributed by atoms with Crippen LogP contribution in [0.15, 0.2) is 24.3 Å². The molecule has 116 valence electrons. The first-order valence-electron chi connectivity index (χ1n) is 8.40. The predicted molar refractivity (Wildman–Crippen MR) is 86.7 cm³/mol. The summed E-state index contributed by atoms with van der Waals surface area (Å²) in [5, 5.41) is 3.62. The van der Waals surface area contributed by atoms with Crippen molar-refractivity contribution in [3.63, 3.8) is 0 Å². The van der Waals surface area contributed by atoms with Gasteiger partial charge >= 0.3 is 0 Å². The van der Waals surface area contributed by atoms with Gasteiger partial charge in [0, 0.05) is 24.6 Å². The van der Waals surface area contributed by atoms with Crippen LogP contribution >= 0.6 is 0 Å². The van der Waals surface area contributed by atoms with Gasteiger partial charge in [-0.15, -0.1) is 0 Å². The number of rotatable bonds is 5. The summed E-state index contributed by atoms with van der Waals surface area (Å²) >= 11 is 0. The Bertz CT molecular complexity index is 460. The number of nitrogens with zero attached hydrogens (tertiary/aromatic N) is 1. The maximum absolute atomic E-state index is 5.79. The predicted octanol–water partition coefficient (Wildman–Crippen LogP) is 3.08. The summed E-state index contributed by atoms with van der Waals surface area (Å²) < 4.78 is 5.79. The van der Waals surface area contributed by atoms with E-state index >= 15 is 0 Å². The number of hydrogen-bond acceptors (Lipinski definition) is 3. The van der Waals surface area contributed by atoms with E-state index in [4.69, 9.17) is 4.74 Å². The van der Waals surface area contributed by atoms with Crippen molar-refractivity contribution in [1.82, 2.24) is 10.2 Å². The van der Waals surface area contributed by atoms with Crippen LogP contribution in [-0.2, 0) is 0 Å². The highest BCUT2D eigenvalue weighted by Gasteiger charge is 2.32. The molecule has 2 atom stereocenters. The normalized spacial score (nSPS) is 25.9. The van der Waals surface area contributed by atoms with Gasteiger partial charge in [-0.05, 0) is 44.0 Å². The highest BCUT2D eigenvalue weighted by molar-refractivity contribution is 5.37. The molecule has 2 aliphatic heterocycles. The van der Waals surface area contributed by atoms with Crippen LogP contribution in [0.2, 0.25) is 0 Å². The van der Waals surface area contributed by atoms with Crippen molar-refractivity contribution in [1.29, 1.82) is 0 Å². The van der Waals surface area contributed by atoms with E-state index in [0.29, 0.717) is 6.04 Å². The lowest BCUT2D eigenvalue weighted by molar-refractivity contribution is 0.161. The van der Waals surface area contributed by atoms with E-state index in [9.17, 15) is 0 Å². The molecule has 0 radical (unpaired) electrons. The molecule has 3 rings (SSSR count). The maximum atomic E-state index is 5.79. The molecule has 0 spiro atoms. The quantitative estimate of drug-likeness (QED) is 0.901. The van der Waals surface area contributed by atoms with Crippen LogP contribution in [0.3, 0.4) is 0 Å². The van der Waals surface area contributed by atoms with Crippen molar-refractivity contribution in [2.24, 2.45) is 11.8 Å². The van der Waals surface area contributed by atoms with Crippen molar-refractivity contribution in [3.8, 4) is 5.75 Å². The van der Waals surface area contributed by atoms with Gasteiger partial charge in [-0.25, -0.2) is 0 Å². The first-order chi connectivity index (χ1) is 10.2. The molecule has 0 bridgehead atoms. The van der Waals surface area contributed by atoms with Crippen LogP contribution < -0.4 is 10.1 Å². The Labute approximate surface area is 128 Å². The summed E-state index contributed by atoms with van der Waals surface area (Å²) in [6.45, 7) is 10.2. The number of nitrogens with one attached hydrogen (secondary N) is 1. The minimum atomic E-state index is 0.560. The fourth-order valence-electron chi connectivity index (χ4n) is 3.59. The zero-order valence-electron chi connectivity index (χ0n) is 13.3. The summed E-state index contributed by atoms with van der Waals surface area (Å²) in [5.74, 6) is 2.64. The van der Waals surface area contributed by atoms with Crippen LogP contribution in [0, 0.1) is 11.8 Å². The molecule has 0 aliphatic carbocycles. The number of ether oxygens (including phenoxy) is 1. The van der Waals surface area contributed by atoms with E-state index < -0.39 is 0 Å². The number of hydrogen-bond donors (Lipinski definition) is 1. The zero-order valence-corrected chi connectivity index (χ0v) is 13.3. The Morgan fingerprint density at radius 3 is 3.00 bits per heavy atom. The van der Waals surface area contributed by atoms with Crippen LogP contribution in [0.4, 0.5) is 0 Å². The Kier molecular flexibility index (Phi) is 4.81. The Balaban J connectivity index is 1.57. The maximum Gasteiger partial charge on any atom is 0.124 e. The third-order valence-corrected chi connectivity index (χ3v) is 4.67. The number of fused-ring (bicyclic) bond motifs is 1. The molecule has 1 aromatic rings. The summed E-state index contributed by atoms with van der Waals surface area (Å²) in [4.78, 5) is 2.67. The van der Waals surface area contributed by atoms with Crippen LogP contribution in [0.1, 0.15) is 38.3 Å². The molecule has 3 nitrogen and oxygen atoms in total. The minimum Gasteiger partial charge on any atom is -0.493 e. The standard InChI is InChI=1S/C18H28N2O/c1-14(2)11-19-12-15-7-9-20(13-15)17-8-10-21-18-6-4-3-5-16(17)18/h3-6,14-15,17,19H,7-13H2,1-2H3. The molecule has 2 unspecified atom stereocenters. The largest absolute Gasteiger partial charge is 0.493 e. The Morgan fingerprint density at radius 2 is 2.14 bits per heavy atom. The fourth-order valence-corrected chi connectivity index (χ4v) is 3.59. The second-order valence-corrected chi connectivity index (χ2v) is 6.89. The molecule has 2 aliphatic rings. The van der Waals surface area contributed by atoms with Crippen molar-refractivity contribution < 1.29 is 4.74 Å². The van der Waals surface area contributed by atoms with Gasteiger partial charge in [-0.3, -0.25) is 4.90 Å². The molecule has 0 amide bonds. The van der Waals surface area contributed by atoms with E-state index in [-0.39, 0.29) is 0 Å². The second kappa shape index (κ2) is 6.80. The van der Waals surface area contributed by atoms with E-state index in [1.807, 2.05) is 0 Å². The lowest BCUT2D eigenvalue weighted by atomic mass is 9.99. The number of para-hydroxylation sites is 1. The topological polar surface area (TPSA) is 24.5 Å². The number of benzene rings is 1. The smallest absolute Gasteiger partial charge is 0.124 e. The average Bonchev–Trinajstić information content (AvgIpc) is 2.95. The van der Waals surface area contributed by atoms with Gasteiger partial charge in [0.1, 0.15) is 5.75 Å². The molecule has 2 heterocycles. The van der Waals surface area contributed by atoms with Gasteiger partial charge in [0.25, 0.3) is 0 Å². The lowest BCUT2D eigenvalue weighted by Crippen LogP contribution is -2.32. The van der Waals surface area contributed by atoms with Crippen molar-refractivity contribution in [2.45, 2.75) is 32.7 Å². The van der Waals surface area contributed by atoms with E-state index in [1.165, 1.54) is 31.6 Å². The molecule has 1 saturated heterocycles. The summed E-state index contributed by atoms with van der Waals surface area (Å²) in [6.07, 6.45) is 2.45. The molecule has 0 aromatic heterocycles. The van der Waals surface area contributed by atoms with Crippen molar-refractivity contribution >= 4 is 0 Å².